The van der Waals surface area contributed by atoms with Crippen molar-refractivity contribution in [1.29, 1.82) is 0 Å². The average molecular weight is 208 g/mol. The summed E-state index contributed by atoms with van der Waals surface area (Å²) in [5.41, 5.74) is 6.80. The predicted octanol–water partition coefficient (Wildman–Crippen LogP) is 1.51. The largest absolute Gasteiger partial charge is 0.393 e. The van der Waals surface area contributed by atoms with Crippen LogP contribution in [0.4, 0.5) is 11.4 Å². The maximum absolute atomic E-state index is 10.5. The Kier molecular flexibility index (Phi) is 2.55. The van der Waals surface area contributed by atoms with Gasteiger partial charge in [-0.3, -0.25) is 10.1 Å². The minimum Gasteiger partial charge on any atom is -0.393 e. The van der Waals surface area contributed by atoms with Crippen LogP contribution in [0, 0.1) is 10.1 Å². The second kappa shape index (κ2) is 3.86. The van der Waals surface area contributed by atoms with Gasteiger partial charge in [-0.2, -0.15) is 0 Å². The number of anilines is 1. The first-order valence-corrected chi connectivity index (χ1v) is 4.81. The molecule has 2 rings (SSSR count). The van der Waals surface area contributed by atoms with Crippen molar-refractivity contribution in [3.63, 3.8) is 0 Å². The van der Waals surface area contributed by atoms with Gasteiger partial charge in [0.1, 0.15) is 5.69 Å². The van der Waals surface area contributed by atoms with Crippen molar-refractivity contribution in [2.24, 2.45) is 0 Å². The lowest BCUT2D eigenvalue weighted by molar-refractivity contribution is -0.383. The van der Waals surface area contributed by atoms with E-state index in [1.54, 1.807) is 12.1 Å². The molecule has 1 aliphatic heterocycles. The third kappa shape index (κ3) is 2.44. The molecule has 0 radical (unpaired) electrons. The monoisotopic (exact) mass is 208 g/mol. The normalized spacial score (nSPS) is 18.8. The van der Waals surface area contributed by atoms with E-state index in [9.17, 15) is 10.1 Å². The first kappa shape index (κ1) is 9.92. The third-order valence-electron chi connectivity index (χ3n) is 2.45. The topological polar surface area (TPSA) is 81.7 Å². The van der Waals surface area contributed by atoms with E-state index in [-0.39, 0.29) is 11.4 Å². The molecule has 80 valence electrons. The van der Waals surface area contributed by atoms with Gasteiger partial charge in [0.25, 0.3) is 5.69 Å². The molecule has 0 bridgehead atoms. The lowest BCUT2D eigenvalue weighted by Gasteiger charge is -2.01. The number of aryl methyl sites for hydroxylation is 1. The molecule has 1 fully saturated rings. The Balaban J connectivity index is 2.06. The SMILES string of the molecule is Nc1cc(CCC2CO2)ccc1[N+](=O)[O-]. The summed E-state index contributed by atoms with van der Waals surface area (Å²) < 4.78 is 5.08. The number of rotatable bonds is 4. The highest BCUT2D eigenvalue weighted by Crippen LogP contribution is 2.24. The molecule has 1 heterocycles. The Morgan fingerprint density at radius 1 is 1.60 bits per heavy atom. The average Bonchev–Trinajstić information content (AvgIpc) is 2.97. The summed E-state index contributed by atoms with van der Waals surface area (Å²) >= 11 is 0. The van der Waals surface area contributed by atoms with Gasteiger partial charge >= 0.3 is 0 Å². The first-order valence-electron chi connectivity index (χ1n) is 4.81. The Bertz CT molecular complexity index is 388. The van der Waals surface area contributed by atoms with Gasteiger partial charge in [0.05, 0.1) is 17.6 Å². The Hall–Kier alpha value is -1.62. The summed E-state index contributed by atoms with van der Waals surface area (Å²) in [4.78, 5) is 10.0. The summed E-state index contributed by atoms with van der Waals surface area (Å²) in [6.45, 7) is 0.836. The maximum Gasteiger partial charge on any atom is 0.292 e. The van der Waals surface area contributed by atoms with Crippen LogP contribution in [0.5, 0.6) is 0 Å². The van der Waals surface area contributed by atoms with E-state index in [1.807, 2.05) is 0 Å². The predicted molar refractivity (Wildman–Crippen MR) is 55.6 cm³/mol. The lowest BCUT2D eigenvalue weighted by atomic mass is 10.1. The zero-order chi connectivity index (χ0) is 10.8. The number of nitro benzene ring substituents is 1. The summed E-state index contributed by atoms with van der Waals surface area (Å²) in [7, 11) is 0. The summed E-state index contributed by atoms with van der Waals surface area (Å²) in [5, 5.41) is 10.5. The molecule has 0 amide bonds. The zero-order valence-corrected chi connectivity index (χ0v) is 8.18. The number of nitrogen functional groups attached to an aromatic ring is 1. The minimum atomic E-state index is -0.469. The van der Waals surface area contributed by atoms with E-state index in [1.165, 1.54) is 6.07 Å². The van der Waals surface area contributed by atoms with Gasteiger partial charge in [-0.1, -0.05) is 6.07 Å². The van der Waals surface area contributed by atoms with Gasteiger partial charge in [-0.05, 0) is 24.5 Å². The summed E-state index contributed by atoms with van der Waals surface area (Å²) in [5.74, 6) is 0. The van der Waals surface area contributed by atoms with Crippen LogP contribution in [-0.4, -0.2) is 17.6 Å². The Labute approximate surface area is 87.0 Å². The molecule has 0 aromatic heterocycles. The second-order valence-corrected chi connectivity index (χ2v) is 3.64. The molecule has 1 aromatic carbocycles. The van der Waals surface area contributed by atoms with Crippen LogP contribution < -0.4 is 5.73 Å². The molecule has 1 saturated heterocycles. The van der Waals surface area contributed by atoms with E-state index in [2.05, 4.69) is 0 Å². The molecule has 15 heavy (non-hydrogen) atoms. The van der Waals surface area contributed by atoms with Crippen molar-refractivity contribution in [2.45, 2.75) is 18.9 Å². The maximum atomic E-state index is 10.5. The van der Waals surface area contributed by atoms with Gasteiger partial charge in [0.15, 0.2) is 0 Å². The van der Waals surface area contributed by atoms with Gasteiger partial charge in [-0.15, -0.1) is 0 Å². The summed E-state index contributed by atoms with van der Waals surface area (Å²) in [6.07, 6.45) is 2.19. The number of nitro groups is 1. The number of hydrogen-bond acceptors (Lipinski definition) is 4. The van der Waals surface area contributed by atoms with Crippen LogP contribution in [0.15, 0.2) is 18.2 Å². The highest BCUT2D eigenvalue weighted by Gasteiger charge is 2.22. The molecule has 1 unspecified atom stereocenters. The molecule has 1 aromatic rings. The van der Waals surface area contributed by atoms with Crippen molar-refractivity contribution in [2.75, 3.05) is 12.3 Å². The van der Waals surface area contributed by atoms with Gasteiger partial charge in [0.2, 0.25) is 0 Å². The number of ether oxygens (including phenoxy) is 1. The molecular weight excluding hydrogens is 196 g/mol. The van der Waals surface area contributed by atoms with E-state index < -0.39 is 4.92 Å². The van der Waals surface area contributed by atoms with Crippen molar-refractivity contribution in [3.8, 4) is 0 Å². The second-order valence-electron chi connectivity index (χ2n) is 3.64. The molecule has 1 atom stereocenters. The van der Waals surface area contributed by atoms with Crippen molar-refractivity contribution in [1.82, 2.24) is 0 Å². The van der Waals surface area contributed by atoms with Gasteiger partial charge in [-0.25, -0.2) is 0 Å². The van der Waals surface area contributed by atoms with Crippen molar-refractivity contribution < 1.29 is 9.66 Å². The quantitative estimate of drug-likeness (QED) is 0.352. The van der Waals surface area contributed by atoms with E-state index in [4.69, 9.17) is 10.5 Å². The van der Waals surface area contributed by atoms with Crippen LogP contribution in [0.25, 0.3) is 0 Å². The fraction of sp³-hybridized carbons (Fsp3) is 0.400. The number of epoxide rings is 1. The van der Waals surface area contributed by atoms with Crippen molar-refractivity contribution >= 4 is 11.4 Å². The minimum absolute atomic E-state index is 0.0265. The van der Waals surface area contributed by atoms with Crippen LogP contribution in [0.3, 0.4) is 0 Å². The molecule has 5 heteroatoms. The Morgan fingerprint density at radius 2 is 2.33 bits per heavy atom. The highest BCUT2D eigenvalue weighted by molar-refractivity contribution is 5.59. The third-order valence-corrected chi connectivity index (χ3v) is 2.45. The lowest BCUT2D eigenvalue weighted by Crippen LogP contribution is -1.98. The number of nitrogens with two attached hydrogens (primary N) is 1. The molecule has 0 saturated carbocycles. The molecule has 0 spiro atoms. The van der Waals surface area contributed by atoms with E-state index in [0.717, 1.165) is 25.0 Å². The van der Waals surface area contributed by atoms with E-state index in [0.29, 0.717) is 6.10 Å². The molecule has 0 aliphatic carbocycles. The molecular formula is C10H12N2O3. The zero-order valence-electron chi connectivity index (χ0n) is 8.18. The van der Waals surface area contributed by atoms with Crippen LogP contribution in [-0.2, 0) is 11.2 Å². The fourth-order valence-electron chi connectivity index (χ4n) is 1.49. The van der Waals surface area contributed by atoms with Crippen LogP contribution in [0.2, 0.25) is 0 Å². The van der Waals surface area contributed by atoms with Gasteiger partial charge in [0, 0.05) is 6.07 Å². The van der Waals surface area contributed by atoms with Crippen LogP contribution in [0.1, 0.15) is 12.0 Å². The van der Waals surface area contributed by atoms with Crippen LogP contribution >= 0.6 is 0 Å². The number of hydrogen-bond donors (Lipinski definition) is 1. The standard InChI is InChI=1S/C10H12N2O3/c11-9-5-7(1-3-8-6-15-8)2-4-10(9)12(13)14/h2,4-5,8H,1,3,6,11H2. The number of benzene rings is 1. The highest BCUT2D eigenvalue weighted by atomic mass is 16.6. The van der Waals surface area contributed by atoms with Crippen molar-refractivity contribution in [3.05, 3.63) is 33.9 Å². The smallest absolute Gasteiger partial charge is 0.292 e. The fourth-order valence-corrected chi connectivity index (χ4v) is 1.49. The summed E-state index contributed by atoms with van der Waals surface area (Å²) in [6, 6.07) is 4.87. The molecule has 5 nitrogen and oxygen atoms in total. The van der Waals surface area contributed by atoms with Gasteiger partial charge < -0.3 is 10.5 Å². The first-order chi connectivity index (χ1) is 7.16. The van der Waals surface area contributed by atoms with E-state index >= 15 is 0 Å². The number of nitrogens with zero attached hydrogens (tertiary/aromatic N) is 1. The Morgan fingerprint density at radius 3 is 2.87 bits per heavy atom. The molecule has 2 N–H and O–H groups in total. The molecule has 1 aliphatic rings.